The van der Waals surface area contributed by atoms with Crippen LogP contribution in [0.4, 0.5) is 0 Å². The van der Waals surface area contributed by atoms with Crippen molar-refractivity contribution < 1.29 is 9.21 Å². The Morgan fingerprint density at radius 3 is 3.06 bits per heavy atom. The number of hydrogen-bond donors (Lipinski definition) is 1. The molecule has 0 spiro atoms. The van der Waals surface area contributed by atoms with Crippen molar-refractivity contribution in [1.29, 1.82) is 0 Å². The Labute approximate surface area is 111 Å². The summed E-state index contributed by atoms with van der Waals surface area (Å²) in [6, 6.07) is 1.63. The normalized spacial score (nSPS) is 10.5. The number of nitrogens with zero attached hydrogens (tertiary/aromatic N) is 1. The summed E-state index contributed by atoms with van der Waals surface area (Å²) in [5, 5.41) is 5.87. The molecule has 0 bridgehead atoms. The monoisotopic (exact) mass is 314 g/mol. The maximum Gasteiger partial charge on any atom is 0.255 e. The number of hydrogen-bond acceptors (Lipinski definition) is 4. The Bertz CT molecular complexity index is 521. The number of furan rings is 1. The van der Waals surface area contributed by atoms with Crippen molar-refractivity contribution in [2.75, 3.05) is 6.54 Å². The minimum absolute atomic E-state index is 0.141. The molecule has 1 N–H and O–H groups in total. The highest BCUT2D eigenvalue weighted by molar-refractivity contribution is 9.10. The van der Waals surface area contributed by atoms with Crippen molar-refractivity contribution in [2.45, 2.75) is 13.3 Å². The van der Waals surface area contributed by atoms with E-state index in [4.69, 9.17) is 4.42 Å². The molecule has 2 heterocycles. The number of amides is 1. The largest absolute Gasteiger partial charge is 0.457 e. The van der Waals surface area contributed by atoms with Gasteiger partial charge in [-0.15, -0.1) is 11.3 Å². The van der Waals surface area contributed by atoms with Gasteiger partial charge >= 0.3 is 0 Å². The summed E-state index contributed by atoms with van der Waals surface area (Å²) in [4.78, 5) is 16.0. The predicted octanol–water partition coefficient (Wildman–Crippen LogP) is 2.78. The van der Waals surface area contributed by atoms with E-state index in [1.54, 1.807) is 17.4 Å². The second kappa shape index (κ2) is 5.46. The maximum atomic E-state index is 11.7. The fourth-order valence-electron chi connectivity index (χ4n) is 1.38. The van der Waals surface area contributed by atoms with E-state index in [0.29, 0.717) is 16.8 Å². The number of nitrogens with one attached hydrogen (secondary N) is 1. The van der Waals surface area contributed by atoms with E-state index in [1.807, 2.05) is 12.3 Å². The molecule has 4 nitrogen and oxygen atoms in total. The van der Waals surface area contributed by atoms with Crippen molar-refractivity contribution in [3.63, 3.8) is 0 Å². The van der Waals surface area contributed by atoms with Crippen LogP contribution in [0.25, 0.3) is 0 Å². The van der Waals surface area contributed by atoms with Gasteiger partial charge in [0.2, 0.25) is 0 Å². The lowest BCUT2D eigenvalue weighted by atomic mass is 10.3. The molecule has 0 aliphatic rings. The quantitative estimate of drug-likeness (QED) is 0.944. The molecule has 0 fully saturated rings. The molecule has 0 unspecified atom stereocenters. The molecular weight excluding hydrogens is 304 g/mol. The van der Waals surface area contributed by atoms with Crippen molar-refractivity contribution in [3.8, 4) is 0 Å². The average Bonchev–Trinajstić information content (AvgIpc) is 2.87. The van der Waals surface area contributed by atoms with Crippen LogP contribution in [0.2, 0.25) is 0 Å². The summed E-state index contributed by atoms with van der Waals surface area (Å²) in [6.07, 6.45) is 2.22. The van der Waals surface area contributed by atoms with Crippen molar-refractivity contribution >= 4 is 33.2 Å². The number of carbonyl (C=O) groups is 1. The van der Waals surface area contributed by atoms with E-state index in [-0.39, 0.29) is 5.91 Å². The molecule has 0 aliphatic carbocycles. The SMILES string of the molecule is Cc1nc(CCNC(=O)c2ccoc2Br)cs1. The molecule has 1 amide bonds. The summed E-state index contributed by atoms with van der Waals surface area (Å²) in [6.45, 7) is 2.54. The number of aryl methyl sites for hydroxylation is 1. The van der Waals surface area contributed by atoms with Crippen molar-refractivity contribution in [2.24, 2.45) is 0 Å². The lowest BCUT2D eigenvalue weighted by Gasteiger charge is -2.01. The molecule has 0 aliphatic heterocycles. The first-order valence-corrected chi connectivity index (χ1v) is 6.76. The number of aromatic nitrogens is 1. The number of halogens is 1. The van der Waals surface area contributed by atoms with Crippen LogP contribution in [0.1, 0.15) is 21.1 Å². The first kappa shape index (κ1) is 12.3. The summed E-state index contributed by atoms with van der Waals surface area (Å²) < 4.78 is 5.46. The van der Waals surface area contributed by atoms with Gasteiger partial charge in [-0.3, -0.25) is 4.79 Å². The predicted molar refractivity (Wildman–Crippen MR) is 69.3 cm³/mol. The lowest BCUT2D eigenvalue weighted by molar-refractivity contribution is 0.0952. The van der Waals surface area contributed by atoms with Crippen LogP contribution in [0, 0.1) is 6.92 Å². The summed E-state index contributed by atoms with van der Waals surface area (Å²) in [5.74, 6) is -0.141. The Hall–Kier alpha value is -1.14. The van der Waals surface area contributed by atoms with E-state index >= 15 is 0 Å². The standard InChI is InChI=1S/C11H11BrN2O2S/c1-7-14-8(6-17-7)2-4-13-11(15)9-3-5-16-10(9)12/h3,5-6H,2,4H2,1H3,(H,13,15). The molecular formula is C11H11BrN2O2S. The van der Waals surface area contributed by atoms with Crippen LogP contribution in [0.15, 0.2) is 26.8 Å². The van der Waals surface area contributed by atoms with Gasteiger partial charge in [0.25, 0.3) is 5.91 Å². The minimum atomic E-state index is -0.141. The molecule has 17 heavy (non-hydrogen) atoms. The van der Waals surface area contributed by atoms with Gasteiger partial charge in [0.1, 0.15) is 0 Å². The Kier molecular flexibility index (Phi) is 3.96. The highest BCUT2D eigenvalue weighted by Crippen LogP contribution is 2.17. The summed E-state index contributed by atoms with van der Waals surface area (Å²) in [7, 11) is 0. The van der Waals surface area contributed by atoms with Gasteiger partial charge in [-0.05, 0) is 28.9 Å². The zero-order valence-corrected chi connectivity index (χ0v) is 11.6. The Balaban J connectivity index is 1.83. The molecule has 90 valence electrons. The first-order valence-electron chi connectivity index (χ1n) is 5.09. The number of carbonyl (C=O) groups excluding carboxylic acids is 1. The second-order valence-corrected chi connectivity index (χ2v) is 5.25. The highest BCUT2D eigenvalue weighted by Gasteiger charge is 2.11. The smallest absolute Gasteiger partial charge is 0.255 e. The Morgan fingerprint density at radius 2 is 2.47 bits per heavy atom. The first-order chi connectivity index (χ1) is 8.16. The van der Waals surface area contributed by atoms with Crippen LogP contribution in [-0.4, -0.2) is 17.4 Å². The fraction of sp³-hybridized carbons (Fsp3) is 0.273. The average molecular weight is 315 g/mol. The second-order valence-electron chi connectivity index (χ2n) is 3.47. The van der Waals surface area contributed by atoms with Gasteiger partial charge in [0.05, 0.1) is 22.5 Å². The van der Waals surface area contributed by atoms with Crippen molar-refractivity contribution in [3.05, 3.63) is 38.6 Å². The van der Waals surface area contributed by atoms with E-state index in [0.717, 1.165) is 17.1 Å². The molecule has 0 atom stereocenters. The number of rotatable bonds is 4. The molecule has 0 radical (unpaired) electrons. The summed E-state index contributed by atoms with van der Waals surface area (Å²) in [5.41, 5.74) is 1.53. The molecule has 0 saturated heterocycles. The van der Waals surface area contributed by atoms with Crippen LogP contribution in [0.5, 0.6) is 0 Å². The van der Waals surface area contributed by atoms with Crippen LogP contribution in [0.3, 0.4) is 0 Å². The zero-order chi connectivity index (χ0) is 12.3. The van der Waals surface area contributed by atoms with E-state index in [9.17, 15) is 4.79 Å². The fourth-order valence-corrected chi connectivity index (χ4v) is 2.45. The molecule has 2 aromatic heterocycles. The molecule has 2 rings (SSSR count). The molecule has 0 saturated carbocycles. The third-order valence-electron chi connectivity index (χ3n) is 2.20. The Morgan fingerprint density at radius 1 is 1.65 bits per heavy atom. The van der Waals surface area contributed by atoms with Crippen LogP contribution in [-0.2, 0) is 6.42 Å². The van der Waals surface area contributed by atoms with Gasteiger partial charge in [-0.1, -0.05) is 0 Å². The van der Waals surface area contributed by atoms with Crippen molar-refractivity contribution in [1.82, 2.24) is 10.3 Å². The molecule has 0 aromatic carbocycles. The third kappa shape index (κ3) is 3.17. The van der Waals surface area contributed by atoms with Gasteiger partial charge in [-0.2, -0.15) is 0 Å². The number of thiazole rings is 1. The van der Waals surface area contributed by atoms with E-state index < -0.39 is 0 Å². The third-order valence-corrected chi connectivity index (χ3v) is 3.63. The van der Waals surface area contributed by atoms with Gasteiger partial charge in [-0.25, -0.2) is 4.98 Å². The van der Waals surface area contributed by atoms with Gasteiger partial charge in [0, 0.05) is 18.3 Å². The lowest BCUT2D eigenvalue weighted by Crippen LogP contribution is -2.25. The topological polar surface area (TPSA) is 55.1 Å². The van der Waals surface area contributed by atoms with E-state index in [1.165, 1.54) is 6.26 Å². The van der Waals surface area contributed by atoms with Crippen LogP contribution < -0.4 is 5.32 Å². The van der Waals surface area contributed by atoms with Gasteiger partial charge < -0.3 is 9.73 Å². The zero-order valence-electron chi connectivity index (χ0n) is 9.20. The van der Waals surface area contributed by atoms with Gasteiger partial charge in [0.15, 0.2) is 4.67 Å². The van der Waals surface area contributed by atoms with E-state index in [2.05, 4.69) is 26.2 Å². The molecule has 2 aromatic rings. The van der Waals surface area contributed by atoms with Crippen LogP contribution >= 0.6 is 27.3 Å². The minimum Gasteiger partial charge on any atom is -0.457 e. The summed E-state index contributed by atoms with van der Waals surface area (Å²) >= 11 is 4.79. The maximum absolute atomic E-state index is 11.7. The molecule has 6 heteroatoms. The highest BCUT2D eigenvalue weighted by atomic mass is 79.9.